The summed E-state index contributed by atoms with van der Waals surface area (Å²) in [6.07, 6.45) is 2.53. The van der Waals surface area contributed by atoms with E-state index in [2.05, 4.69) is 10.3 Å². The van der Waals surface area contributed by atoms with Gasteiger partial charge in [-0.25, -0.2) is 13.4 Å². The summed E-state index contributed by atoms with van der Waals surface area (Å²) in [6.45, 7) is 5.00. The van der Waals surface area contributed by atoms with Crippen LogP contribution in [-0.4, -0.2) is 36.7 Å². The van der Waals surface area contributed by atoms with Crippen LogP contribution in [0.2, 0.25) is 0 Å². The Labute approximate surface area is 149 Å². The molecule has 0 radical (unpaired) electrons. The van der Waals surface area contributed by atoms with Gasteiger partial charge in [0.25, 0.3) is 5.91 Å². The van der Waals surface area contributed by atoms with Gasteiger partial charge in [0, 0.05) is 18.0 Å². The number of carbonyl (C=O) groups is 1. The van der Waals surface area contributed by atoms with Crippen LogP contribution in [0.3, 0.4) is 0 Å². The first kappa shape index (κ1) is 17.5. The number of rotatable bonds is 5. The van der Waals surface area contributed by atoms with Gasteiger partial charge in [-0.15, -0.1) is 22.7 Å². The maximum absolute atomic E-state index is 12.7. The summed E-state index contributed by atoms with van der Waals surface area (Å²) in [5.74, 6) is -0.417. The van der Waals surface area contributed by atoms with E-state index in [1.165, 1.54) is 21.7 Å². The van der Waals surface area contributed by atoms with E-state index in [0.717, 1.165) is 41.2 Å². The lowest BCUT2D eigenvalue weighted by atomic mass is 10.3. The molecule has 0 saturated carbocycles. The van der Waals surface area contributed by atoms with Crippen LogP contribution < -0.4 is 5.32 Å². The predicted molar refractivity (Wildman–Crippen MR) is 96.5 cm³/mol. The van der Waals surface area contributed by atoms with Gasteiger partial charge >= 0.3 is 0 Å². The fourth-order valence-corrected chi connectivity index (χ4v) is 6.41. The molecule has 130 valence electrons. The first-order chi connectivity index (χ1) is 11.4. The molecule has 1 fully saturated rings. The molecule has 0 bridgehead atoms. The third-order valence-corrected chi connectivity index (χ3v) is 7.88. The Kier molecular flexibility index (Phi) is 5.05. The number of thiophene rings is 1. The van der Waals surface area contributed by atoms with Crippen molar-refractivity contribution in [2.45, 2.75) is 38.0 Å². The second-order valence-corrected chi connectivity index (χ2v) is 9.58. The highest BCUT2D eigenvalue weighted by molar-refractivity contribution is 7.89. The van der Waals surface area contributed by atoms with Crippen LogP contribution in [0.4, 0.5) is 5.13 Å². The van der Waals surface area contributed by atoms with Crippen molar-refractivity contribution in [3.63, 3.8) is 0 Å². The fourth-order valence-electron chi connectivity index (χ4n) is 2.70. The molecule has 3 heterocycles. The number of hydrogen-bond acceptors (Lipinski definition) is 6. The smallest absolute Gasteiger partial charge is 0.268 e. The Morgan fingerprint density at radius 3 is 2.71 bits per heavy atom. The van der Waals surface area contributed by atoms with Crippen LogP contribution in [-0.2, 0) is 16.4 Å². The molecule has 6 nitrogen and oxygen atoms in total. The minimum absolute atomic E-state index is 0.0934. The third-order valence-electron chi connectivity index (χ3n) is 3.97. The van der Waals surface area contributed by atoms with Crippen molar-refractivity contribution in [3.05, 3.63) is 26.9 Å². The summed E-state index contributed by atoms with van der Waals surface area (Å²) in [5, 5.41) is 4.89. The van der Waals surface area contributed by atoms with Crippen LogP contribution in [0.1, 0.15) is 40.0 Å². The van der Waals surface area contributed by atoms with E-state index in [9.17, 15) is 13.2 Å². The number of hydrogen-bond donors (Lipinski definition) is 1. The number of nitrogens with zero attached hydrogens (tertiary/aromatic N) is 2. The molecule has 9 heteroatoms. The lowest BCUT2D eigenvalue weighted by Gasteiger charge is -2.15. The second kappa shape index (κ2) is 6.91. The van der Waals surface area contributed by atoms with E-state index < -0.39 is 15.9 Å². The van der Waals surface area contributed by atoms with Crippen molar-refractivity contribution in [2.75, 3.05) is 18.4 Å². The topological polar surface area (TPSA) is 79.4 Å². The Hall–Kier alpha value is -1.29. The number of nitrogens with one attached hydrogen (secondary N) is 1. The molecule has 0 aromatic carbocycles. The van der Waals surface area contributed by atoms with Gasteiger partial charge in [-0.3, -0.25) is 10.1 Å². The molecule has 1 saturated heterocycles. The number of aromatic nitrogens is 1. The minimum Gasteiger partial charge on any atom is -0.297 e. The van der Waals surface area contributed by atoms with Crippen molar-refractivity contribution in [2.24, 2.45) is 0 Å². The lowest BCUT2D eigenvalue weighted by Crippen LogP contribution is -2.29. The summed E-state index contributed by atoms with van der Waals surface area (Å²) in [7, 11) is -3.61. The fraction of sp³-hybridized carbons (Fsp3) is 0.467. The van der Waals surface area contributed by atoms with Crippen molar-refractivity contribution in [3.8, 4) is 0 Å². The average Bonchev–Trinajstić information content (AvgIpc) is 3.28. The zero-order valence-electron chi connectivity index (χ0n) is 13.5. The zero-order valence-corrected chi connectivity index (χ0v) is 16.0. The maximum atomic E-state index is 12.7. The summed E-state index contributed by atoms with van der Waals surface area (Å²) >= 11 is 2.54. The number of aryl methyl sites for hydroxylation is 2. The van der Waals surface area contributed by atoms with Gasteiger partial charge in [0.1, 0.15) is 9.77 Å². The predicted octanol–water partition coefficient (Wildman–Crippen LogP) is 3.11. The van der Waals surface area contributed by atoms with E-state index in [1.807, 2.05) is 13.8 Å². The highest BCUT2D eigenvalue weighted by Gasteiger charge is 2.32. The van der Waals surface area contributed by atoms with E-state index in [1.54, 1.807) is 5.38 Å². The SMILES string of the molecule is CCc1nc(NC(=O)c2sccc2S(=O)(=O)N2CCCC2)sc1C. The molecule has 0 aliphatic carbocycles. The largest absolute Gasteiger partial charge is 0.297 e. The summed E-state index contributed by atoms with van der Waals surface area (Å²) in [4.78, 5) is 18.3. The van der Waals surface area contributed by atoms with Crippen molar-refractivity contribution in [1.29, 1.82) is 0 Å². The molecule has 3 rings (SSSR count). The van der Waals surface area contributed by atoms with Crippen LogP contribution >= 0.6 is 22.7 Å². The van der Waals surface area contributed by atoms with Crippen LogP contribution in [0.25, 0.3) is 0 Å². The van der Waals surface area contributed by atoms with Gasteiger partial charge in [-0.2, -0.15) is 4.31 Å². The molecule has 24 heavy (non-hydrogen) atoms. The molecule has 0 spiro atoms. The van der Waals surface area contributed by atoms with Crippen LogP contribution in [0, 0.1) is 6.92 Å². The zero-order chi connectivity index (χ0) is 17.3. The maximum Gasteiger partial charge on any atom is 0.268 e. The van der Waals surface area contributed by atoms with Gasteiger partial charge in [-0.05, 0) is 37.6 Å². The molecular weight excluding hydrogens is 366 g/mol. The van der Waals surface area contributed by atoms with Gasteiger partial charge in [-0.1, -0.05) is 6.92 Å². The van der Waals surface area contributed by atoms with Crippen molar-refractivity contribution >= 4 is 43.7 Å². The van der Waals surface area contributed by atoms with E-state index in [0.29, 0.717) is 18.2 Å². The first-order valence-corrected chi connectivity index (χ1v) is 10.9. The molecule has 0 atom stereocenters. The Bertz CT molecular complexity index is 848. The minimum atomic E-state index is -3.61. The summed E-state index contributed by atoms with van der Waals surface area (Å²) in [5.41, 5.74) is 0.950. The second-order valence-electron chi connectivity index (χ2n) is 5.55. The molecule has 1 amide bonds. The highest BCUT2D eigenvalue weighted by Crippen LogP contribution is 2.29. The Morgan fingerprint density at radius 1 is 1.38 bits per heavy atom. The number of sulfonamides is 1. The van der Waals surface area contributed by atoms with Crippen molar-refractivity contribution < 1.29 is 13.2 Å². The lowest BCUT2D eigenvalue weighted by molar-refractivity contribution is 0.102. The van der Waals surface area contributed by atoms with Gasteiger partial charge in [0.15, 0.2) is 5.13 Å². The van der Waals surface area contributed by atoms with Gasteiger partial charge < -0.3 is 0 Å². The first-order valence-electron chi connectivity index (χ1n) is 7.78. The van der Waals surface area contributed by atoms with E-state index >= 15 is 0 Å². The Balaban J connectivity index is 1.85. The third kappa shape index (κ3) is 3.26. The van der Waals surface area contributed by atoms with E-state index in [4.69, 9.17) is 0 Å². The summed E-state index contributed by atoms with van der Waals surface area (Å²) < 4.78 is 26.9. The molecular formula is C15H19N3O3S3. The quantitative estimate of drug-likeness (QED) is 0.858. The van der Waals surface area contributed by atoms with Crippen LogP contribution in [0.15, 0.2) is 16.3 Å². The van der Waals surface area contributed by atoms with Crippen molar-refractivity contribution in [1.82, 2.24) is 9.29 Å². The van der Waals surface area contributed by atoms with Crippen LogP contribution in [0.5, 0.6) is 0 Å². The molecule has 0 unspecified atom stereocenters. The Morgan fingerprint density at radius 2 is 2.08 bits per heavy atom. The summed E-state index contributed by atoms with van der Waals surface area (Å²) in [6, 6.07) is 1.51. The molecule has 1 aliphatic heterocycles. The standard InChI is InChI=1S/C15H19N3O3S3/c1-3-11-10(2)23-15(16-11)17-14(19)13-12(6-9-22-13)24(20,21)18-7-4-5-8-18/h6,9H,3-5,7-8H2,1-2H3,(H,16,17,19). The van der Waals surface area contributed by atoms with Gasteiger partial charge in [0.05, 0.1) is 5.69 Å². The molecule has 2 aromatic rings. The molecule has 2 aromatic heterocycles. The van der Waals surface area contributed by atoms with Gasteiger partial charge in [0.2, 0.25) is 10.0 Å². The highest BCUT2D eigenvalue weighted by atomic mass is 32.2. The molecule has 1 aliphatic rings. The normalized spacial score (nSPS) is 15.8. The van der Waals surface area contributed by atoms with E-state index in [-0.39, 0.29) is 9.77 Å². The number of carbonyl (C=O) groups excluding carboxylic acids is 1. The number of thiazole rings is 1. The number of anilines is 1. The monoisotopic (exact) mass is 385 g/mol. The number of amides is 1. The average molecular weight is 386 g/mol. The molecule has 1 N–H and O–H groups in total.